The van der Waals surface area contributed by atoms with Crippen LogP contribution in [0.15, 0.2) is 102 Å². The van der Waals surface area contributed by atoms with E-state index in [-0.39, 0.29) is 30.8 Å². The number of nitrogens with one attached hydrogen (secondary N) is 1. The third kappa shape index (κ3) is 11.3. The Kier molecular flexibility index (Phi) is 16.3. The molecule has 14 nitrogen and oxygen atoms in total. The topological polar surface area (TPSA) is 168 Å². The van der Waals surface area contributed by atoms with E-state index in [4.69, 9.17) is 15.7 Å². The van der Waals surface area contributed by atoms with E-state index in [2.05, 4.69) is 33.9 Å². The minimum absolute atomic E-state index is 0. The van der Waals surface area contributed by atoms with Crippen LogP contribution >= 0.6 is 0 Å². The zero-order chi connectivity index (χ0) is 44.5. The molecular weight excluding hydrogens is 797 g/mol. The summed E-state index contributed by atoms with van der Waals surface area (Å²) in [5.41, 5.74) is 6.15. The van der Waals surface area contributed by atoms with Crippen LogP contribution in [0.5, 0.6) is 5.88 Å². The van der Waals surface area contributed by atoms with Gasteiger partial charge < -0.3 is 24.6 Å². The fourth-order valence-electron chi connectivity index (χ4n) is 7.40. The molecule has 1 aromatic heterocycles. The van der Waals surface area contributed by atoms with E-state index in [9.17, 15) is 24.3 Å². The molecule has 3 aliphatic rings. The summed E-state index contributed by atoms with van der Waals surface area (Å²) < 4.78 is 5.80. The molecule has 2 fully saturated rings. The number of Topliss-reactive ketones (excluding diaryl/α,β-unsaturated/α-hetero) is 2. The molecule has 4 N–H and O–H groups in total. The molecule has 2 saturated heterocycles. The quantitative estimate of drug-likeness (QED) is 0.0512. The zero-order valence-electron chi connectivity index (χ0n) is 36.4. The van der Waals surface area contributed by atoms with Crippen LogP contribution in [0.2, 0.25) is 0 Å². The normalized spacial score (nSPS) is 16.6. The molecule has 332 valence electrons. The van der Waals surface area contributed by atoms with Crippen LogP contribution < -0.4 is 10.7 Å². The molecule has 0 bridgehead atoms. The number of amides is 2. The summed E-state index contributed by atoms with van der Waals surface area (Å²) in [6.07, 6.45) is 0. The van der Waals surface area contributed by atoms with Crippen LogP contribution in [0.3, 0.4) is 0 Å². The molecule has 0 spiro atoms. The molecule has 8 rings (SSSR count). The summed E-state index contributed by atoms with van der Waals surface area (Å²) in [5, 5.41) is 20.4. The lowest BCUT2D eigenvalue weighted by Gasteiger charge is -2.31. The fraction of sp³-hybridized carbons (Fsp3) is 0.327. The maximum atomic E-state index is 13.1. The summed E-state index contributed by atoms with van der Waals surface area (Å²) >= 11 is 0. The largest absolute Gasteiger partial charge is 0.494 e. The van der Waals surface area contributed by atoms with Crippen molar-refractivity contribution in [3.05, 3.63) is 130 Å². The number of anilines is 1. The average Bonchev–Trinajstić information content (AvgIpc) is 3.75. The molecule has 3 aliphatic heterocycles. The van der Waals surface area contributed by atoms with E-state index >= 15 is 0 Å². The third-order valence-corrected chi connectivity index (χ3v) is 10.9. The highest BCUT2D eigenvalue weighted by molar-refractivity contribution is 6.43. The van der Waals surface area contributed by atoms with Crippen molar-refractivity contribution in [3.8, 4) is 5.88 Å². The summed E-state index contributed by atoms with van der Waals surface area (Å²) in [6.45, 7) is 14.3. The van der Waals surface area contributed by atoms with Crippen molar-refractivity contribution in [2.75, 3.05) is 78.0 Å². The molecule has 0 radical (unpaired) electrons. The number of aromatic nitrogens is 1. The van der Waals surface area contributed by atoms with Gasteiger partial charge >= 0.3 is 0 Å². The number of benzene rings is 4. The van der Waals surface area contributed by atoms with Gasteiger partial charge in [0.25, 0.3) is 5.91 Å². The Labute approximate surface area is 370 Å². The highest BCUT2D eigenvalue weighted by Gasteiger charge is 2.38. The second kappa shape index (κ2) is 21.6. The molecule has 4 aromatic carbocycles. The minimum Gasteiger partial charge on any atom is -0.494 e. The molecule has 14 heteroatoms. The lowest BCUT2D eigenvalue weighted by Crippen LogP contribution is -2.47. The number of hydrazone groups is 1. The van der Waals surface area contributed by atoms with Gasteiger partial charge in [-0.2, -0.15) is 5.10 Å². The number of imide groups is 1. The number of piperazine rings is 2. The number of hydrogen-bond donors (Lipinski definition) is 3. The van der Waals surface area contributed by atoms with E-state index in [1.807, 2.05) is 84.7 Å². The first-order valence-corrected chi connectivity index (χ1v) is 20.8. The molecule has 63 heavy (non-hydrogen) atoms. The van der Waals surface area contributed by atoms with Crippen molar-refractivity contribution in [2.45, 2.75) is 35.1 Å². The number of likely N-dealkylation sites (N-methyl/N-ethyl adjacent to an activating group) is 2. The number of carbonyl (C=O) groups is 4. The number of nitrogens with zero attached hydrogens (tertiary/aromatic N) is 6. The lowest BCUT2D eigenvalue weighted by molar-refractivity contribution is -0.122. The molecule has 0 aliphatic carbocycles. The van der Waals surface area contributed by atoms with E-state index in [0.29, 0.717) is 51.6 Å². The molecular formula is C49H60N8O6. The number of rotatable bonds is 8. The van der Waals surface area contributed by atoms with E-state index in [1.54, 1.807) is 31.2 Å². The van der Waals surface area contributed by atoms with Gasteiger partial charge in [0.05, 0.1) is 23.4 Å². The number of hydrazine groups is 1. The van der Waals surface area contributed by atoms with Crippen molar-refractivity contribution in [1.82, 2.24) is 24.8 Å². The first-order valence-electron chi connectivity index (χ1n) is 20.8. The Morgan fingerprint density at radius 2 is 1.27 bits per heavy atom. The van der Waals surface area contributed by atoms with Gasteiger partial charge in [-0.3, -0.25) is 30.0 Å². The summed E-state index contributed by atoms with van der Waals surface area (Å²) in [6, 6.07) is 29.4. The Morgan fingerprint density at radius 1 is 0.730 bits per heavy atom. The van der Waals surface area contributed by atoms with Crippen LogP contribution in [0.1, 0.15) is 78.1 Å². The lowest BCUT2D eigenvalue weighted by atomic mass is 9.99. The second-order valence-corrected chi connectivity index (χ2v) is 15.5. The van der Waals surface area contributed by atoms with Gasteiger partial charge in [0, 0.05) is 98.0 Å². The molecule has 0 unspecified atom stereocenters. The second-order valence-electron chi connectivity index (χ2n) is 15.5. The predicted molar refractivity (Wildman–Crippen MR) is 251 cm³/mol. The van der Waals surface area contributed by atoms with Gasteiger partial charge in [-0.25, -0.2) is 9.91 Å². The minimum atomic E-state index is -0.444. The number of fused-ring (bicyclic) bond motifs is 2. The van der Waals surface area contributed by atoms with Crippen LogP contribution in [-0.2, 0) is 14.3 Å². The summed E-state index contributed by atoms with van der Waals surface area (Å²) in [4.78, 5) is 57.5. The maximum Gasteiger partial charge on any atom is 0.269 e. The van der Waals surface area contributed by atoms with Crippen molar-refractivity contribution >= 4 is 57.0 Å². The number of nitrogens with two attached hydrogens (primary N) is 1. The summed E-state index contributed by atoms with van der Waals surface area (Å²) in [7, 11) is 4.22. The van der Waals surface area contributed by atoms with Crippen molar-refractivity contribution in [3.63, 3.8) is 0 Å². The van der Waals surface area contributed by atoms with Gasteiger partial charge in [0.1, 0.15) is 11.5 Å². The number of hydrogen-bond acceptors (Lipinski definition) is 12. The highest BCUT2D eigenvalue weighted by atomic mass is 16.5. The Bertz CT molecular complexity index is 2460. The third-order valence-electron chi connectivity index (χ3n) is 10.9. The van der Waals surface area contributed by atoms with Crippen LogP contribution in [0.4, 0.5) is 5.69 Å². The molecule has 0 atom stereocenters. The predicted octanol–water partition coefficient (Wildman–Crippen LogP) is 6.51. The average molecular weight is 857 g/mol. The van der Waals surface area contributed by atoms with Crippen molar-refractivity contribution in [2.24, 2.45) is 10.9 Å². The Morgan fingerprint density at radius 3 is 1.81 bits per heavy atom. The van der Waals surface area contributed by atoms with Crippen molar-refractivity contribution < 1.29 is 29.0 Å². The molecule has 5 aromatic rings. The Hall–Kier alpha value is -6.45. The number of carbonyl (C=O) groups excluding carboxylic acids is 4. The van der Waals surface area contributed by atoms with Gasteiger partial charge in [0.2, 0.25) is 5.91 Å². The van der Waals surface area contributed by atoms with Gasteiger partial charge in [-0.15, -0.1) is 0 Å². The highest BCUT2D eigenvalue weighted by Crippen LogP contribution is 2.42. The monoisotopic (exact) mass is 856 g/mol. The Balaban J connectivity index is 0.000000200. The smallest absolute Gasteiger partial charge is 0.269 e. The molecule has 2 amide bonds. The zero-order valence-corrected chi connectivity index (χ0v) is 36.4. The van der Waals surface area contributed by atoms with Crippen molar-refractivity contribution in [1.29, 1.82) is 0 Å². The van der Waals surface area contributed by atoms with Crippen LogP contribution in [-0.4, -0.2) is 132 Å². The van der Waals surface area contributed by atoms with E-state index in [0.717, 1.165) is 79.3 Å². The number of ketones is 2. The van der Waals surface area contributed by atoms with Gasteiger partial charge in [0.15, 0.2) is 17.4 Å². The van der Waals surface area contributed by atoms with E-state index in [1.165, 1.54) is 13.8 Å². The molecule has 4 heterocycles. The van der Waals surface area contributed by atoms with Gasteiger partial charge in [-0.1, -0.05) is 68.1 Å². The number of H-pyrrole nitrogens is 1. The standard InChI is InChI=1S/C22H24N4O2.C21H19NO4.C5H13N3.CH4/c1-15(27)17-8-9-19-18(14-17)20(22(28)23-19)21(16-6-4-3-5-7-16)24-26-12-10-25(2)11-13-26;1-4-26-20(15-8-6-5-7-9-15)19-17-12-16(13(2)23)10-11-18(17)22(14(3)24)21(19)25;1-7-2-4-8(6)5-3-7;/h3-9,14,23,28H,10-13H2,1-2H3;5-12H,4H2,1-3H3;2-6H2,1H3;1H4/b;20-19-;;. The first-order chi connectivity index (χ1) is 29.8. The van der Waals surface area contributed by atoms with E-state index < -0.39 is 5.91 Å². The maximum absolute atomic E-state index is 13.1. The number of aromatic amines is 1. The summed E-state index contributed by atoms with van der Waals surface area (Å²) in [5.74, 6) is 5.02. The van der Waals surface area contributed by atoms with Crippen LogP contribution in [0.25, 0.3) is 22.2 Å². The number of aromatic hydroxyl groups is 1. The van der Waals surface area contributed by atoms with Gasteiger partial charge in [-0.05, 0) is 71.3 Å². The SMILES string of the molecule is C.CC(=O)c1ccc2[nH]c(O)c(C(=NN3CCN(C)CC3)c3ccccc3)c2c1.CCO/C(=C1\C(=O)N(C(C)=O)c2ccc(C(C)=O)cc21)c1ccccc1.CN1CCN(N)CC1. The number of ether oxygens (including phenoxy) is 1. The fourth-order valence-corrected chi connectivity index (χ4v) is 7.40. The van der Waals surface area contributed by atoms with Crippen LogP contribution in [0, 0.1) is 0 Å². The first kappa shape index (κ1) is 47.6. The molecule has 0 saturated carbocycles.